The summed E-state index contributed by atoms with van der Waals surface area (Å²) < 4.78 is 0. The minimum atomic E-state index is -0.106. The fourth-order valence-electron chi connectivity index (χ4n) is 0.816. The molecule has 0 rings (SSSR count). The SMILES string of the molecule is CCC(O)C(C)C(C)C. The maximum absolute atomic E-state index is 9.30. The van der Waals surface area contributed by atoms with Crippen LogP contribution in [0.25, 0.3) is 0 Å². The van der Waals surface area contributed by atoms with Crippen LogP contribution in [0.1, 0.15) is 34.1 Å². The lowest BCUT2D eigenvalue weighted by molar-refractivity contribution is 0.0884. The van der Waals surface area contributed by atoms with Gasteiger partial charge in [0, 0.05) is 0 Å². The molecule has 0 aromatic heterocycles. The number of hydrogen-bond acceptors (Lipinski definition) is 1. The minimum Gasteiger partial charge on any atom is -0.393 e. The second kappa shape index (κ2) is 3.89. The molecule has 9 heavy (non-hydrogen) atoms. The average molecular weight is 130 g/mol. The van der Waals surface area contributed by atoms with Gasteiger partial charge in [-0.05, 0) is 18.3 Å². The van der Waals surface area contributed by atoms with E-state index in [0.717, 1.165) is 6.42 Å². The number of aliphatic hydroxyl groups excluding tert-OH is 1. The van der Waals surface area contributed by atoms with Crippen LogP contribution in [0.3, 0.4) is 0 Å². The topological polar surface area (TPSA) is 20.2 Å². The largest absolute Gasteiger partial charge is 0.393 e. The van der Waals surface area contributed by atoms with Gasteiger partial charge in [-0.1, -0.05) is 27.7 Å². The molecular formula is C8H18O. The summed E-state index contributed by atoms with van der Waals surface area (Å²) in [5.74, 6) is 1.04. The Hall–Kier alpha value is -0.0400. The summed E-state index contributed by atoms with van der Waals surface area (Å²) in [5.41, 5.74) is 0. The quantitative estimate of drug-likeness (QED) is 0.620. The third kappa shape index (κ3) is 2.85. The van der Waals surface area contributed by atoms with Crippen molar-refractivity contribution in [1.29, 1.82) is 0 Å². The summed E-state index contributed by atoms with van der Waals surface area (Å²) in [6.45, 7) is 8.40. The maximum atomic E-state index is 9.30. The van der Waals surface area contributed by atoms with E-state index in [2.05, 4.69) is 20.8 Å². The fraction of sp³-hybridized carbons (Fsp3) is 1.00. The highest BCUT2D eigenvalue weighted by Crippen LogP contribution is 2.15. The molecule has 56 valence electrons. The van der Waals surface area contributed by atoms with E-state index in [-0.39, 0.29) is 6.10 Å². The van der Waals surface area contributed by atoms with Crippen molar-refractivity contribution in [2.45, 2.75) is 40.2 Å². The Bertz CT molecular complexity index is 69.0. The van der Waals surface area contributed by atoms with Crippen molar-refractivity contribution in [2.24, 2.45) is 11.8 Å². The molecule has 0 aliphatic rings. The van der Waals surface area contributed by atoms with E-state index in [0.29, 0.717) is 11.8 Å². The van der Waals surface area contributed by atoms with Gasteiger partial charge in [0.1, 0.15) is 0 Å². The first-order valence-electron chi connectivity index (χ1n) is 3.77. The van der Waals surface area contributed by atoms with E-state index in [9.17, 15) is 5.11 Å². The van der Waals surface area contributed by atoms with Gasteiger partial charge in [0.05, 0.1) is 6.10 Å². The Labute approximate surface area is 58.1 Å². The second-order valence-corrected chi connectivity index (χ2v) is 3.08. The summed E-state index contributed by atoms with van der Waals surface area (Å²) in [6, 6.07) is 0. The molecule has 1 nitrogen and oxygen atoms in total. The molecule has 0 aliphatic carbocycles. The van der Waals surface area contributed by atoms with E-state index in [1.807, 2.05) is 6.92 Å². The van der Waals surface area contributed by atoms with Gasteiger partial charge in [-0.2, -0.15) is 0 Å². The maximum Gasteiger partial charge on any atom is 0.0565 e. The third-order valence-corrected chi connectivity index (χ3v) is 2.08. The normalized spacial score (nSPS) is 18.0. The van der Waals surface area contributed by atoms with Crippen LogP contribution in [0.5, 0.6) is 0 Å². The molecule has 0 spiro atoms. The van der Waals surface area contributed by atoms with Crippen molar-refractivity contribution >= 4 is 0 Å². The molecule has 0 fully saturated rings. The van der Waals surface area contributed by atoms with Crippen molar-refractivity contribution in [3.8, 4) is 0 Å². The predicted molar refractivity (Wildman–Crippen MR) is 40.3 cm³/mol. The van der Waals surface area contributed by atoms with Crippen LogP contribution < -0.4 is 0 Å². The van der Waals surface area contributed by atoms with Crippen LogP contribution in [0.2, 0.25) is 0 Å². The van der Waals surface area contributed by atoms with Crippen molar-refractivity contribution in [1.82, 2.24) is 0 Å². The van der Waals surface area contributed by atoms with Crippen molar-refractivity contribution in [3.63, 3.8) is 0 Å². The van der Waals surface area contributed by atoms with Gasteiger partial charge >= 0.3 is 0 Å². The molecule has 0 aromatic rings. The summed E-state index contributed by atoms with van der Waals surface area (Å²) >= 11 is 0. The lowest BCUT2D eigenvalue weighted by Gasteiger charge is -2.20. The highest BCUT2D eigenvalue weighted by Gasteiger charge is 2.14. The smallest absolute Gasteiger partial charge is 0.0565 e. The zero-order chi connectivity index (χ0) is 7.44. The van der Waals surface area contributed by atoms with Crippen molar-refractivity contribution < 1.29 is 5.11 Å². The summed E-state index contributed by atoms with van der Waals surface area (Å²) in [5, 5.41) is 9.30. The van der Waals surface area contributed by atoms with Crippen molar-refractivity contribution in [2.75, 3.05) is 0 Å². The molecule has 1 heteroatoms. The molecule has 0 bridgehead atoms. The molecule has 0 heterocycles. The van der Waals surface area contributed by atoms with Crippen LogP contribution in [0.15, 0.2) is 0 Å². The first-order valence-corrected chi connectivity index (χ1v) is 3.77. The number of hydrogen-bond donors (Lipinski definition) is 1. The zero-order valence-corrected chi connectivity index (χ0v) is 6.89. The zero-order valence-electron chi connectivity index (χ0n) is 6.89. The summed E-state index contributed by atoms with van der Waals surface area (Å²) in [7, 11) is 0. The molecule has 2 unspecified atom stereocenters. The molecule has 1 N–H and O–H groups in total. The van der Waals surface area contributed by atoms with Gasteiger partial charge in [-0.3, -0.25) is 0 Å². The van der Waals surface area contributed by atoms with Crippen LogP contribution in [-0.4, -0.2) is 11.2 Å². The van der Waals surface area contributed by atoms with Crippen LogP contribution in [0, 0.1) is 11.8 Å². The van der Waals surface area contributed by atoms with Crippen LogP contribution in [0.4, 0.5) is 0 Å². The van der Waals surface area contributed by atoms with Crippen LogP contribution in [-0.2, 0) is 0 Å². The minimum absolute atomic E-state index is 0.106. The van der Waals surface area contributed by atoms with Gasteiger partial charge in [0.25, 0.3) is 0 Å². The molecule has 0 saturated heterocycles. The van der Waals surface area contributed by atoms with Crippen LogP contribution >= 0.6 is 0 Å². The van der Waals surface area contributed by atoms with Gasteiger partial charge < -0.3 is 5.11 Å². The highest BCUT2D eigenvalue weighted by molar-refractivity contribution is 4.64. The second-order valence-electron chi connectivity index (χ2n) is 3.08. The van der Waals surface area contributed by atoms with E-state index in [4.69, 9.17) is 0 Å². The summed E-state index contributed by atoms with van der Waals surface area (Å²) in [4.78, 5) is 0. The average Bonchev–Trinajstić information content (AvgIpc) is 1.84. The van der Waals surface area contributed by atoms with Gasteiger partial charge in [0.15, 0.2) is 0 Å². The first-order chi connectivity index (χ1) is 4.09. The van der Waals surface area contributed by atoms with Gasteiger partial charge in [-0.15, -0.1) is 0 Å². The lowest BCUT2D eigenvalue weighted by Crippen LogP contribution is -2.20. The van der Waals surface area contributed by atoms with Crippen molar-refractivity contribution in [3.05, 3.63) is 0 Å². The third-order valence-electron chi connectivity index (χ3n) is 2.08. The highest BCUT2D eigenvalue weighted by atomic mass is 16.3. The van der Waals surface area contributed by atoms with E-state index >= 15 is 0 Å². The van der Waals surface area contributed by atoms with E-state index < -0.39 is 0 Å². The fourth-order valence-corrected chi connectivity index (χ4v) is 0.816. The number of aliphatic hydroxyl groups is 1. The Kier molecular flexibility index (Phi) is 3.87. The Balaban J connectivity index is 3.58. The first kappa shape index (κ1) is 8.96. The Morgan fingerprint density at radius 3 is 1.78 bits per heavy atom. The monoisotopic (exact) mass is 130 g/mol. The molecule has 0 aliphatic heterocycles. The van der Waals surface area contributed by atoms with Gasteiger partial charge in [0.2, 0.25) is 0 Å². The molecule has 2 atom stereocenters. The molecule has 0 amide bonds. The van der Waals surface area contributed by atoms with E-state index in [1.165, 1.54) is 0 Å². The predicted octanol–water partition coefficient (Wildman–Crippen LogP) is 2.05. The van der Waals surface area contributed by atoms with Gasteiger partial charge in [-0.25, -0.2) is 0 Å². The molecule has 0 saturated carbocycles. The molecule has 0 radical (unpaired) electrons. The molecular weight excluding hydrogens is 112 g/mol. The Morgan fingerprint density at radius 1 is 1.22 bits per heavy atom. The number of rotatable bonds is 3. The Morgan fingerprint density at radius 2 is 1.67 bits per heavy atom. The summed E-state index contributed by atoms with van der Waals surface area (Å²) in [6.07, 6.45) is 0.768. The lowest BCUT2D eigenvalue weighted by atomic mass is 9.91. The molecule has 0 aromatic carbocycles. The standard InChI is InChI=1S/C8H18O/c1-5-8(9)7(4)6(2)3/h6-9H,5H2,1-4H3. The van der Waals surface area contributed by atoms with E-state index in [1.54, 1.807) is 0 Å².